The number of ether oxygens (including phenoxy) is 1. The third-order valence-corrected chi connectivity index (χ3v) is 4.41. The van der Waals surface area contributed by atoms with Gasteiger partial charge in [-0.3, -0.25) is 0 Å². The number of hydrogen-bond donors (Lipinski definition) is 3. The van der Waals surface area contributed by atoms with Crippen LogP contribution in [0, 0.1) is 0 Å². The molecule has 9 heteroatoms. The second kappa shape index (κ2) is 6.58. The molecule has 0 saturated carbocycles. The molecule has 1 aliphatic heterocycles. The molecule has 25 heavy (non-hydrogen) atoms. The maximum Gasteiger partial charge on any atom is 0.407 e. The molecule has 0 atom stereocenters. The number of carbonyl (C=O) groups is 2. The van der Waals surface area contributed by atoms with Crippen LogP contribution in [0.4, 0.5) is 15.1 Å². The van der Waals surface area contributed by atoms with Crippen LogP contribution in [-0.2, 0) is 4.74 Å². The number of methoxy groups -OCH3 is 1. The van der Waals surface area contributed by atoms with E-state index in [1.807, 2.05) is 0 Å². The van der Waals surface area contributed by atoms with Crippen LogP contribution in [0.3, 0.4) is 0 Å². The summed E-state index contributed by atoms with van der Waals surface area (Å²) in [6, 6.07) is 4.91. The maximum atomic E-state index is 14.8. The van der Waals surface area contributed by atoms with Gasteiger partial charge in [0, 0.05) is 25.9 Å². The zero-order valence-corrected chi connectivity index (χ0v) is 13.7. The standard InChI is InChI=1S/C16H19FN4O4/c1-25-13(22)10-2-3-11-12(8-10)20-14(19-11)18-9-16(17)4-6-21(7-5-16)15(23)24/h2-3,8H,4-7,9H2,1H3,(H,23,24)(H2,18,19,20). The molecular weight excluding hydrogens is 331 g/mol. The predicted molar refractivity (Wildman–Crippen MR) is 88.6 cm³/mol. The number of alkyl halides is 1. The van der Waals surface area contributed by atoms with E-state index in [-0.39, 0.29) is 32.5 Å². The molecule has 1 aromatic heterocycles. The Bertz CT molecular complexity index is 799. The number of carbonyl (C=O) groups excluding carboxylic acids is 1. The fraction of sp³-hybridized carbons (Fsp3) is 0.438. The van der Waals surface area contributed by atoms with Crippen molar-refractivity contribution in [1.82, 2.24) is 14.9 Å². The molecule has 0 bridgehead atoms. The van der Waals surface area contributed by atoms with Crippen LogP contribution in [-0.4, -0.2) is 64.4 Å². The summed E-state index contributed by atoms with van der Waals surface area (Å²) < 4.78 is 19.5. The molecule has 0 unspecified atom stereocenters. The first-order valence-electron chi connectivity index (χ1n) is 7.89. The van der Waals surface area contributed by atoms with Gasteiger partial charge in [0.05, 0.1) is 30.3 Å². The molecule has 2 heterocycles. The first kappa shape index (κ1) is 17.0. The number of anilines is 1. The van der Waals surface area contributed by atoms with Gasteiger partial charge in [-0.1, -0.05) is 0 Å². The number of aromatic nitrogens is 2. The van der Waals surface area contributed by atoms with Crippen molar-refractivity contribution in [3.8, 4) is 0 Å². The normalized spacial score (nSPS) is 16.6. The summed E-state index contributed by atoms with van der Waals surface area (Å²) in [5, 5.41) is 11.8. The third-order valence-electron chi connectivity index (χ3n) is 4.41. The van der Waals surface area contributed by atoms with Crippen LogP contribution < -0.4 is 5.32 Å². The van der Waals surface area contributed by atoms with Gasteiger partial charge in [-0.05, 0) is 18.2 Å². The number of carboxylic acid groups (broad SMARTS) is 1. The first-order chi connectivity index (χ1) is 11.9. The Balaban J connectivity index is 1.65. The molecular formula is C16H19FN4O4. The molecule has 1 saturated heterocycles. The van der Waals surface area contributed by atoms with Crippen molar-refractivity contribution in [2.24, 2.45) is 0 Å². The van der Waals surface area contributed by atoms with Gasteiger partial charge in [0.1, 0.15) is 5.67 Å². The van der Waals surface area contributed by atoms with Gasteiger partial charge in [0.15, 0.2) is 0 Å². The van der Waals surface area contributed by atoms with Gasteiger partial charge >= 0.3 is 12.1 Å². The number of aromatic amines is 1. The summed E-state index contributed by atoms with van der Waals surface area (Å²) in [7, 11) is 1.31. The molecule has 3 rings (SSSR count). The zero-order valence-electron chi connectivity index (χ0n) is 13.7. The topological polar surface area (TPSA) is 108 Å². The summed E-state index contributed by atoms with van der Waals surface area (Å²) in [5.74, 6) is -0.0476. The number of fused-ring (bicyclic) bond motifs is 1. The minimum Gasteiger partial charge on any atom is -0.465 e. The highest BCUT2D eigenvalue weighted by Gasteiger charge is 2.36. The van der Waals surface area contributed by atoms with E-state index in [4.69, 9.17) is 5.11 Å². The molecule has 3 N–H and O–H groups in total. The Labute approximate surface area is 143 Å². The molecule has 0 radical (unpaired) electrons. The highest BCUT2D eigenvalue weighted by Crippen LogP contribution is 2.27. The molecule has 2 aromatic rings. The quantitative estimate of drug-likeness (QED) is 0.730. The fourth-order valence-corrected chi connectivity index (χ4v) is 2.86. The van der Waals surface area contributed by atoms with E-state index in [2.05, 4.69) is 20.0 Å². The lowest BCUT2D eigenvalue weighted by atomic mass is 9.93. The van der Waals surface area contributed by atoms with Crippen molar-refractivity contribution in [2.45, 2.75) is 18.5 Å². The lowest BCUT2D eigenvalue weighted by molar-refractivity contribution is 0.0599. The monoisotopic (exact) mass is 350 g/mol. The average molecular weight is 350 g/mol. The number of imidazole rings is 1. The summed E-state index contributed by atoms with van der Waals surface area (Å²) >= 11 is 0. The molecule has 1 fully saturated rings. The van der Waals surface area contributed by atoms with Crippen LogP contribution in [0.1, 0.15) is 23.2 Å². The van der Waals surface area contributed by atoms with Crippen molar-refractivity contribution in [2.75, 3.05) is 32.1 Å². The second-order valence-corrected chi connectivity index (χ2v) is 6.08. The molecule has 8 nitrogen and oxygen atoms in total. The van der Waals surface area contributed by atoms with Crippen LogP contribution >= 0.6 is 0 Å². The molecule has 1 aliphatic rings. The van der Waals surface area contributed by atoms with Crippen molar-refractivity contribution in [3.05, 3.63) is 23.8 Å². The summed E-state index contributed by atoms with van der Waals surface area (Å²) in [4.78, 5) is 30.9. The number of amides is 1. The van der Waals surface area contributed by atoms with Gasteiger partial charge in [0.2, 0.25) is 5.95 Å². The number of nitrogens with zero attached hydrogens (tertiary/aromatic N) is 2. The zero-order chi connectivity index (χ0) is 18.0. The molecule has 0 aliphatic carbocycles. The second-order valence-electron chi connectivity index (χ2n) is 6.08. The molecule has 1 aromatic carbocycles. The number of esters is 1. The van der Waals surface area contributed by atoms with Crippen LogP contribution in [0.15, 0.2) is 18.2 Å². The van der Waals surface area contributed by atoms with Crippen molar-refractivity contribution >= 4 is 29.0 Å². The van der Waals surface area contributed by atoms with Crippen LogP contribution in [0.2, 0.25) is 0 Å². The van der Waals surface area contributed by atoms with E-state index < -0.39 is 17.7 Å². The first-order valence-corrected chi connectivity index (χ1v) is 7.89. The molecule has 0 spiro atoms. The lowest BCUT2D eigenvalue weighted by Crippen LogP contribution is -2.47. The Hall–Kier alpha value is -2.84. The van der Waals surface area contributed by atoms with Crippen molar-refractivity contribution in [1.29, 1.82) is 0 Å². The van der Waals surface area contributed by atoms with E-state index in [1.165, 1.54) is 12.0 Å². The largest absolute Gasteiger partial charge is 0.465 e. The Kier molecular flexibility index (Phi) is 4.47. The summed E-state index contributed by atoms with van der Waals surface area (Å²) in [6.07, 6.45) is -0.744. The smallest absolute Gasteiger partial charge is 0.407 e. The van der Waals surface area contributed by atoms with E-state index in [0.29, 0.717) is 22.5 Å². The molecule has 134 valence electrons. The average Bonchev–Trinajstić information content (AvgIpc) is 3.02. The minimum absolute atomic E-state index is 0.0319. The van der Waals surface area contributed by atoms with E-state index >= 15 is 0 Å². The highest BCUT2D eigenvalue weighted by atomic mass is 19.1. The summed E-state index contributed by atoms with van der Waals surface area (Å²) in [6.45, 7) is 0.385. The number of rotatable bonds is 4. The number of halogens is 1. The maximum absolute atomic E-state index is 14.8. The summed E-state index contributed by atoms with van der Waals surface area (Å²) in [5.41, 5.74) is 0.193. The minimum atomic E-state index is -1.48. The number of benzene rings is 1. The van der Waals surface area contributed by atoms with Gasteiger partial charge in [-0.15, -0.1) is 0 Å². The Morgan fingerprint density at radius 1 is 1.44 bits per heavy atom. The van der Waals surface area contributed by atoms with Crippen molar-refractivity contribution < 1.29 is 23.8 Å². The van der Waals surface area contributed by atoms with E-state index in [1.54, 1.807) is 18.2 Å². The highest BCUT2D eigenvalue weighted by molar-refractivity contribution is 5.93. The third kappa shape index (κ3) is 3.65. The van der Waals surface area contributed by atoms with Crippen molar-refractivity contribution in [3.63, 3.8) is 0 Å². The van der Waals surface area contributed by atoms with Gasteiger partial charge in [-0.2, -0.15) is 0 Å². The Morgan fingerprint density at radius 2 is 2.16 bits per heavy atom. The van der Waals surface area contributed by atoms with Crippen LogP contribution in [0.25, 0.3) is 11.0 Å². The van der Waals surface area contributed by atoms with E-state index in [0.717, 1.165) is 0 Å². The Morgan fingerprint density at radius 3 is 2.80 bits per heavy atom. The number of likely N-dealkylation sites (tertiary alicyclic amines) is 1. The van der Waals surface area contributed by atoms with Gasteiger partial charge in [-0.25, -0.2) is 19.0 Å². The number of H-pyrrole nitrogens is 1. The van der Waals surface area contributed by atoms with E-state index in [9.17, 15) is 14.0 Å². The number of hydrogen-bond acceptors (Lipinski definition) is 5. The SMILES string of the molecule is COC(=O)c1ccc2nc(NCC3(F)CCN(C(=O)O)CC3)[nH]c2c1. The number of nitrogens with one attached hydrogen (secondary N) is 2. The van der Waals surface area contributed by atoms with Gasteiger partial charge in [0.25, 0.3) is 0 Å². The van der Waals surface area contributed by atoms with Crippen LogP contribution in [0.5, 0.6) is 0 Å². The molecule has 1 amide bonds. The lowest BCUT2D eigenvalue weighted by Gasteiger charge is -2.34. The predicted octanol–water partition coefficient (Wildman–Crippen LogP) is 2.24. The fourth-order valence-electron chi connectivity index (χ4n) is 2.86. The van der Waals surface area contributed by atoms with Gasteiger partial charge < -0.3 is 25.0 Å². The number of piperidine rings is 1.